The number of aromatic hydroxyl groups is 2. The standard InChI is InChI=1S/C28H28N4O5/c1-18(2)37-25(35)12-7-17-29-28(36)19-13-15-20(16-14-19)32-27(22-9-4-6-11-24(22)34)30-26(31-32)21-8-3-5-10-23(21)33/h3-6,8-11,13-16,18,33-34H,7,12,17H2,1-2H3,(H,29,36). The maximum Gasteiger partial charge on any atom is 0.306 e. The molecule has 0 aliphatic heterocycles. The molecule has 0 saturated heterocycles. The number of hydrogen-bond donors (Lipinski definition) is 3. The molecule has 0 aliphatic rings. The molecule has 0 radical (unpaired) electrons. The highest BCUT2D eigenvalue weighted by Crippen LogP contribution is 2.33. The smallest absolute Gasteiger partial charge is 0.306 e. The first kappa shape index (κ1) is 25.4. The number of amides is 1. The van der Waals surface area contributed by atoms with E-state index >= 15 is 0 Å². The minimum atomic E-state index is -0.287. The molecular formula is C28H28N4O5. The fraction of sp³-hybridized carbons (Fsp3) is 0.214. The number of carbonyl (C=O) groups is 2. The number of phenols is 2. The van der Waals surface area contributed by atoms with Gasteiger partial charge in [0, 0.05) is 18.5 Å². The minimum Gasteiger partial charge on any atom is -0.507 e. The minimum absolute atomic E-state index is 0.0352. The summed E-state index contributed by atoms with van der Waals surface area (Å²) in [5, 5.41) is 28.2. The van der Waals surface area contributed by atoms with Crippen molar-refractivity contribution in [1.82, 2.24) is 20.1 Å². The Labute approximate surface area is 214 Å². The van der Waals surface area contributed by atoms with Crippen LogP contribution < -0.4 is 5.32 Å². The van der Waals surface area contributed by atoms with Crippen molar-refractivity contribution in [3.63, 3.8) is 0 Å². The van der Waals surface area contributed by atoms with Crippen LogP contribution in [0.5, 0.6) is 11.5 Å². The van der Waals surface area contributed by atoms with Gasteiger partial charge in [-0.2, -0.15) is 0 Å². The van der Waals surface area contributed by atoms with Gasteiger partial charge in [-0.3, -0.25) is 9.59 Å². The van der Waals surface area contributed by atoms with Crippen LogP contribution >= 0.6 is 0 Å². The summed E-state index contributed by atoms with van der Waals surface area (Å²) < 4.78 is 6.64. The Kier molecular flexibility index (Phi) is 7.83. The third kappa shape index (κ3) is 6.13. The molecule has 9 nitrogen and oxygen atoms in total. The Morgan fingerprint density at radius 1 is 0.919 bits per heavy atom. The van der Waals surface area contributed by atoms with Crippen LogP contribution in [0.25, 0.3) is 28.5 Å². The summed E-state index contributed by atoms with van der Waals surface area (Å²) >= 11 is 0. The molecule has 0 unspecified atom stereocenters. The van der Waals surface area contributed by atoms with Crippen molar-refractivity contribution in [3.8, 4) is 40.0 Å². The van der Waals surface area contributed by atoms with Gasteiger partial charge < -0.3 is 20.3 Å². The number of nitrogens with zero attached hydrogens (tertiary/aromatic N) is 3. The van der Waals surface area contributed by atoms with Gasteiger partial charge >= 0.3 is 5.97 Å². The van der Waals surface area contributed by atoms with Crippen LogP contribution in [0.15, 0.2) is 72.8 Å². The van der Waals surface area contributed by atoms with Crippen molar-refractivity contribution in [1.29, 1.82) is 0 Å². The van der Waals surface area contributed by atoms with Gasteiger partial charge in [0.25, 0.3) is 5.91 Å². The lowest BCUT2D eigenvalue weighted by Crippen LogP contribution is -2.25. The second kappa shape index (κ2) is 11.4. The van der Waals surface area contributed by atoms with Gasteiger partial charge in [0.15, 0.2) is 11.6 Å². The average Bonchev–Trinajstić information content (AvgIpc) is 3.31. The molecule has 190 valence electrons. The highest BCUT2D eigenvalue weighted by molar-refractivity contribution is 5.94. The van der Waals surface area contributed by atoms with E-state index < -0.39 is 0 Å². The van der Waals surface area contributed by atoms with E-state index in [1.807, 2.05) is 0 Å². The number of hydrogen-bond acceptors (Lipinski definition) is 7. The summed E-state index contributed by atoms with van der Waals surface area (Å²) in [6.45, 7) is 3.93. The lowest BCUT2D eigenvalue weighted by molar-refractivity contribution is -0.147. The van der Waals surface area contributed by atoms with Crippen LogP contribution in [0, 0.1) is 0 Å². The number of rotatable bonds is 9. The molecule has 0 fully saturated rings. The molecule has 4 rings (SSSR count). The van der Waals surface area contributed by atoms with Gasteiger partial charge in [-0.15, -0.1) is 5.10 Å². The fourth-order valence-electron chi connectivity index (χ4n) is 3.72. The monoisotopic (exact) mass is 500 g/mol. The van der Waals surface area contributed by atoms with E-state index in [4.69, 9.17) is 4.74 Å². The Morgan fingerprint density at radius 2 is 1.54 bits per heavy atom. The van der Waals surface area contributed by atoms with Crippen LogP contribution in [-0.4, -0.2) is 49.5 Å². The molecular weight excluding hydrogens is 472 g/mol. The van der Waals surface area contributed by atoms with Gasteiger partial charge in [0.2, 0.25) is 0 Å². The molecule has 1 heterocycles. The second-order valence-corrected chi connectivity index (χ2v) is 8.65. The predicted octanol–water partition coefficient (Wildman–Crippen LogP) is 4.47. The zero-order valence-electron chi connectivity index (χ0n) is 20.6. The number of benzene rings is 3. The Morgan fingerprint density at radius 3 is 2.16 bits per heavy atom. The number of esters is 1. The molecule has 1 amide bonds. The molecule has 0 saturated carbocycles. The second-order valence-electron chi connectivity index (χ2n) is 8.65. The van der Waals surface area contributed by atoms with Gasteiger partial charge in [-0.25, -0.2) is 9.67 Å². The van der Waals surface area contributed by atoms with Crippen LogP contribution in [-0.2, 0) is 9.53 Å². The quantitative estimate of drug-likeness (QED) is 0.229. The molecule has 4 aromatic rings. The third-order valence-electron chi connectivity index (χ3n) is 5.48. The topological polar surface area (TPSA) is 127 Å². The molecule has 0 bridgehead atoms. The zero-order chi connectivity index (χ0) is 26.4. The van der Waals surface area contributed by atoms with Gasteiger partial charge in [-0.05, 0) is 68.8 Å². The number of phenolic OH excluding ortho intramolecular Hbond substituents is 2. The number of aromatic nitrogens is 3. The molecule has 37 heavy (non-hydrogen) atoms. The summed E-state index contributed by atoms with van der Waals surface area (Å²) in [4.78, 5) is 28.8. The number of nitrogens with one attached hydrogen (secondary N) is 1. The van der Waals surface area contributed by atoms with Crippen LogP contribution in [0.1, 0.15) is 37.0 Å². The lowest BCUT2D eigenvalue weighted by atomic mass is 10.1. The molecule has 9 heteroatoms. The van der Waals surface area contributed by atoms with Crippen LogP contribution in [0.4, 0.5) is 0 Å². The van der Waals surface area contributed by atoms with E-state index in [2.05, 4.69) is 15.4 Å². The summed E-state index contributed by atoms with van der Waals surface area (Å²) in [7, 11) is 0. The summed E-state index contributed by atoms with van der Waals surface area (Å²) in [6.07, 6.45) is 0.553. The first-order valence-electron chi connectivity index (χ1n) is 12.0. The first-order chi connectivity index (χ1) is 17.8. The van der Waals surface area contributed by atoms with E-state index in [0.717, 1.165) is 0 Å². The molecule has 3 N–H and O–H groups in total. The fourth-order valence-corrected chi connectivity index (χ4v) is 3.72. The number of para-hydroxylation sites is 2. The van der Waals surface area contributed by atoms with Crippen molar-refractivity contribution < 1.29 is 24.5 Å². The zero-order valence-corrected chi connectivity index (χ0v) is 20.6. The summed E-state index contributed by atoms with van der Waals surface area (Å²) in [5.74, 6) is 0.181. The Bertz CT molecular complexity index is 1400. The van der Waals surface area contributed by atoms with Crippen molar-refractivity contribution in [2.45, 2.75) is 32.8 Å². The summed E-state index contributed by atoms with van der Waals surface area (Å²) in [5.41, 5.74) is 1.97. The van der Waals surface area contributed by atoms with Gasteiger partial charge in [-0.1, -0.05) is 24.3 Å². The Hall–Kier alpha value is -4.66. The number of ether oxygens (including phenoxy) is 1. The highest BCUT2D eigenvalue weighted by atomic mass is 16.5. The lowest BCUT2D eigenvalue weighted by Gasteiger charge is -2.09. The van der Waals surface area contributed by atoms with E-state index in [1.54, 1.807) is 91.3 Å². The molecule has 1 aromatic heterocycles. The maximum atomic E-state index is 12.6. The van der Waals surface area contributed by atoms with Gasteiger partial charge in [0.1, 0.15) is 11.5 Å². The van der Waals surface area contributed by atoms with Crippen molar-refractivity contribution in [2.24, 2.45) is 0 Å². The average molecular weight is 501 g/mol. The van der Waals surface area contributed by atoms with E-state index in [9.17, 15) is 19.8 Å². The molecule has 0 atom stereocenters. The van der Waals surface area contributed by atoms with E-state index in [-0.39, 0.29) is 41.7 Å². The normalized spacial score (nSPS) is 10.9. The van der Waals surface area contributed by atoms with Crippen molar-refractivity contribution in [2.75, 3.05) is 6.54 Å². The summed E-state index contributed by atoms with van der Waals surface area (Å²) in [6, 6.07) is 20.3. The predicted molar refractivity (Wildman–Crippen MR) is 138 cm³/mol. The Balaban J connectivity index is 1.55. The van der Waals surface area contributed by atoms with Crippen molar-refractivity contribution >= 4 is 11.9 Å². The highest BCUT2D eigenvalue weighted by Gasteiger charge is 2.19. The van der Waals surface area contributed by atoms with E-state index in [1.165, 1.54) is 0 Å². The molecule has 0 spiro atoms. The van der Waals surface area contributed by atoms with E-state index in [0.29, 0.717) is 41.2 Å². The largest absolute Gasteiger partial charge is 0.507 e. The van der Waals surface area contributed by atoms with Crippen LogP contribution in [0.2, 0.25) is 0 Å². The van der Waals surface area contributed by atoms with Crippen LogP contribution in [0.3, 0.4) is 0 Å². The molecule has 0 aliphatic carbocycles. The number of carbonyl (C=O) groups excluding carboxylic acids is 2. The molecule has 3 aromatic carbocycles. The first-order valence-corrected chi connectivity index (χ1v) is 12.0. The third-order valence-corrected chi connectivity index (χ3v) is 5.48. The van der Waals surface area contributed by atoms with Gasteiger partial charge in [0.05, 0.1) is 22.9 Å². The van der Waals surface area contributed by atoms with Crippen molar-refractivity contribution in [3.05, 3.63) is 78.4 Å². The maximum absolute atomic E-state index is 12.6. The SMILES string of the molecule is CC(C)OC(=O)CCCNC(=O)c1ccc(-n2nc(-c3ccccc3O)nc2-c2ccccc2O)cc1.